The van der Waals surface area contributed by atoms with E-state index in [0.717, 1.165) is 0 Å². The molecule has 0 spiro atoms. The Balaban J connectivity index is 1.83. The van der Waals surface area contributed by atoms with Gasteiger partial charge in [0.1, 0.15) is 5.69 Å². The number of carbonyl (C=O) groups excluding carboxylic acids is 1. The lowest BCUT2D eigenvalue weighted by atomic mass is 10.0. The van der Waals surface area contributed by atoms with Gasteiger partial charge in [-0.15, -0.1) is 0 Å². The van der Waals surface area contributed by atoms with Crippen molar-refractivity contribution >= 4 is 16.9 Å². The molecule has 1 aliphatic rings. The molecular weight excluding hydrogens is 398 g/mol. The number of aliphatic hydroxyl groups excluding tert-OH is 1. The number of hydrogen-bond donors (Lipinski definition) is 2. The molecule has 9 nitrogen and oxygen atoms in total. The average molecular weight is 417 g/mol. The van der Waals surface area contributed by atoms with Crippen LogP contribution >= 0.6 is 0 Å². The fraction of sp³-hybridized carbons (Fsp3) is 0.273. The summed E-state index contributed by atoms with van der Waals surface area (Å²) in [5.74, 6) is 5.02. The number of carbonyl (C=O) groups is 1. The van der Waals surface area contributed by atoms with Gasteiger partial charge >= 0.3 is 0 Å². The van der Waals surface area contributed by atoms with E-state index in [1.807, 2.05) is 0 Å². The highest BCUT2D eigenvalue weighted by atomic mass is 16.6. The quantitative estimate of drug-likeness (QED) is 0.479. The number of hydrogen-bond acceptors (Lipinski definition) is 7. The molecule has 0 radical (unpaired) electrons. The Hall–Kier alpha value is -3.76. The minimum absolute atomic E-state index is 0.214. The Morgan fingerprint density at radius 2 is 2.10 bits per heavy atom. The molecule has 1 fully saturated rings. The van der Waals surface area contributed by atoms with Crippen LogP contribution in [-0.2, 0) is 9.53 Å². The molecule has 1 saturated heterocycles. The number of pyridine rings is 1. The summed E-state index contributed by atoms with van der Waals surface area (Å²) < 4.78 is 6.49. The number of benzene rings is 1. The SMILES string of the molecule is COC(O)c1nn(-c2cc(C#N)cc(C#CC3(O)CCN(C)C3=O)c2)c2ncccc12. The van der Waals surface area contributed by atoms with E-state index < -0.39 is 17.8 Å². The maximum Gasteiger partial charge on any atom is 0.267 e. The number of likely N-dealkylation sites (tertiary alicyclic amines) is 1. The van der Waals surface area contributed by atoms with Crippen LogP contribution in [0.15, 0.2) is 36.5 Å². The lowest BCUT2D eigenvalue weighted by Gasteiger charge is -2.13. The predicted octanol–water partition coefficient (Wildman–Crippen LogP) is 0.874. The number of rotatable bonds is 3. The number of methoxy groups -OCH3 is 1. The van der Waals surface area contributed by atoms with Crippen molar-refractivity contribution in [2.75, 3.05) is 20.7 Å². The third-order valence-electron chi connectivity index (χ3n) is 5.14. The summed E-state index contributed by atoms with van der Waals surface area (Å²) >= 11 is 0. The largest absolute Gasteiger partial charge is 0.369 e. The van der Waals surface area contributed by atoms with Crippen LogP contribution in [0.4, 0.5) is 0 Å². The van der Waals surface area contributed by atoms with E-state index >= 15 is 0 Å². The lowest BCUT2D eigenvalue weighted by Crippen LogP contribution is -2.37. The second-order valence-electron chi connectivity index (χ2n) is 7.23. The molecule has 156 valence electrons. The Morgan fingerprint density at radius 3 is 2.77 bits per heavy atom. The molecule has 4 rings (SSSR count). The molecule has 0 bridgehead atoms. The second-order valence-corrected chi connectivity index (χ2v) is 7.23. The molecule has 9 heteroatoms. The maximum atomic E-state index is 12.2. The van der Waals surface area contributed by atoms with Crippen LogP contribution in [0.25, 0.3) is 16.7 Å². The molecule has 3 aromatic rings. The van der Waals surface area contributed by atoms with Crippen LogP contribution in [0, 0.1) is 23.2 Å². The first kappa shape index (κ1) is 20.5. The second kappa shape index (κ2) is 7.82. The highest BCUT2D eigenvalue weighted by molar-refractivity contribution is 5.90. The number of likely N-dealkylation sites (N-methyl/N-ethyl adjacent to an activating group) is 1. The summed E-state index contributed by atoms with van der Waals surface area (Å²) in [6.45, 7) is 0.420. The summed E-state index contributed by atoms with van der Waals surface area (Å²) in [4.78, 5) is 17.9. The molecule has 3 heterocycles. The van der Waals surface area contributed by atoms with Crippen LogP contribution < -0.4 is 0 Å². The molecule has 1 aliphatic heterocycles. The number of fused-ring (bicyclic) bond motifs is 1. The zero-order chi connectivity index (χ0) is 22.2. The van der Waals surface area contributed by atoms with Crippen molar-refractivity contribution in [3.8, 4) is 23.6 Å². The van der Waals surface area contributed by atoms with Crippen molar-refractivity contribution in [3.63, 3.8) is 0 Å². The lowest BCUT2D eigenvalue weighted by molar-refractivity contribution is -0.137. The molecule has 2 N–H and O–H groups in total. The van der Waals surface area contributed by atoms with Crippen molar-refractivity contribution in [1.29, 1.82) is 5.26 Å². The molecule has 1 amide bonds. The van der Waals surface area contributed by atoms with Crippen molar-refractivity contribution in [2.24, 2.45) is 0 Å². The van der Waals surface area contributed by atoms with Crippen LogP contribution in [0.3, 0.4) is 0 Å². The van der Waals surface area contributed by atoms with Crippen LogP contribution in [0.1, 0.15) is 29.5 Å². The van der Waals surface area contributed by atoms with Crippen LogP contribution in [-0.4, -0.2) is 62.1 Å². The number of amides is 1. The minimum Gasteiger partial charge on any atom is -0.369 e. The van der Waals surface area contributed by atoms with Gasteiger partial charge in [-0.2, -0.15) is 10.4 Å². The van der Waals surface area contributed by atoms with Crippen molar-refractivity contribution in [3.05, 3.63) is 53.3 Å². The van der Waals surface area contributed by atoms with Gasteiger partial charge in [0.15, 0.2) is 5.65 Å². The zero-order valence-corrected chi connectivity index (χ0v) is 16.9. The summed E-state index contributed by atoms with van der Waals surface area (Å²) in [5, 5.41) is 35.2. The van der Waals surface area contributed by atoms with E-state index in [1.165, 1.54) is 16.7 Å². The van der Waals surface area contributed by atoms with Crippen LogP contribution in [0.2, 0.25) is 0 Å². The minimum atomic E-state index is -1.74. The van der Waals surface area contributed by atoms with Gasteiger partial charge in [0.25, 0.3) is 5.91 Å². The molecular formula is C22H19N5O4. The first-order valence-electron chi connectivity index (χ1n) is 9.47. The molecule has 2 aromatic heterocycles. The summed E-state index contributed by atoms with van der Waals surface area (Å²) in [5.41, 5.74) is 0.245. The number of nitrogens with zero attached hydrogens (tertiary/aromatic N) is 5. The van der Waals surface area contributed by atoms with E-state index in [0.29, 0.717) is 34.4 Å². The first-order valence-corrected chi connectivity index (χ1v) is 9.47. The number of aliphatic hydroxyl groups is 2. The molecule has 31 heavy (non-hydrogen) atoms. The topological polar surface area (TPSA) is 124 Å². The van der Waals surface area contributed by atoms with Gasteiger partial charge in [-0.05, 0) is 30.3 Å². The Morgan fingerprint density at radius 1 is 1.32 bits per heavy atom. The third kappa shape index (κ3) is 3.62. The molecule has 2 unspecified atom stereocenters. The monoisotopic (exact) mass is 417 g/mol. The summed E-state index contributed by atoms with van der Waals surface area (Å²) in [6, 6.07) is 10.4. The Labute approximate surface area is 178 Å². The first-order chi connectivity index (χ1) is 14.9. The van der Waals surface area contributed by atoms with E-state index in [1.54, 1.807) is 43.6 Å². The zero-order valence-electron chi connectivity index (χ0n) is 16.9. The van der Waals surface area contributed by atoms with Gasteiger partial charge in [0.05, 0.1) is 17.3 Å². The molecule has 0 saturated carbocycles. The van der Waals surface area contributed by atoms with Crippen molar-refractivity contribution in [2.45, 2.75) is 18.3 Å². The molecule has 2 atom stereocenters. The third-order valence-corrected chi connectivity index (χ3v) is 5.14. The number of aromatic nitrogens is 3. The van der Waals surface area contributed by atoms with Gasteiger partial charge in [-0.1, -0.05) is 11.8 Å². The van der Waals surface area contributed by atoms with Gasteiger partial charge < -0.3 is 19.8 Å². The Bertz CT molecular complexity index is 1280. The highest BCUT2D eigenvalue weighted by Crippen LogP contribution is 2.26. The summed E-state index contributed by atoms with van der Waals surface area (Å²) in [7, 11) is 2.97. The van der Waals surface area contributed by atoms with Gasteiger partial charge in [-0.25, -0.2) is 9.67 Å². The average Bonchev–Trinajstić information content (AvgIpc) is 3.31. The number of nitriles is 1. The molecule has 0 aliphatic carbocycles. The van der Waals surface area contributed by atoms with Crippen molar-refractivity contribution in [1.82, 2.24) is 19.7 Å². The van der Waals surface area contributed by atoms with Crippen molar-refractivity contribution < 1.29 is 19.7 Å². The van der Waals surface area contributed by atoms with Gasteiger partial charge in [0, 0.05) is 44.3 Å². The van der Waals surface area contributed by atoms with Gasteiger partial charge in [-0.3, -0.25) is 4.79 Å². The van der Waals surface area contributed by atoms with E-state index in [4.69, 9.17) is 4.74 Å². The smallest absolute Gasteiger partial charge is 0.267 e. The van der Waals surface area contributed by atoms with E-state index in [2.05, 4.69) is 28.0 Å². The predicted molar refractivity (Wildman–Crippen MR) is 110 cm³/mol. The van der Waals surface area contributed by atoms with Gasteiger partial charge in [0.2, 0.25) is 11.9 Å². The Kier molecular flexibility index (Phi) is 5.17. The molecule has 1 aromatic carbocycles. The standard InChI is InChI=1S/C22H19N5O4/c1-26-9-7-22(30,21(26)29)6-5-14-10-15(13-23)12-16(11-14)27-19-17(4-3-8-24-19)18(25-27)20(28)31-2/h3-4,8,10-12,20,28,30H,7,9H2,1-2H3. The number of ether oxygens (including phenoxy) is 1. The normalized spacial score (nSPS) is 19.2. The van der Waals surface area contributed by atoms with E-state index in [-0.39, 0.29) is 12.1 Å². The van der Waals surface area contributed by atoms with E-state index in [9.17, 15) is 20.3 Å². The van der Waals surface area contributed by atoms with Crippen LogP contribution in [0.5, 0.6) is 0 Å². The fourth-order valence-electron chi connectivity index (χ4n) is 3.46. The summed E-state index contributed by atoms with van der Waals surface area (Å²) in [6.07, 6.45) is 0.563. The highest BCUT2D eigenvalue weighted by Gasteiger charge is 2.42. The maximum absolute atomic E-state index is 12.2. The fourth-order valence-corrected chi connectivity index (χ4v) is 3.46.